The van der Waals surface area contributed by atoms with Gasteiger partial charge in [-0.25, -0.2) is 19.4 Å². The average Bonchev–Trinajstić information content (AvgIpc) is 3.06. The second-order valence-corrected chi connectivity index (χ2v) is 9.11. The lowest BCUT2D eigenvalue weighted by Gasteiger charge is -2.25. The zero-order valence-corrected chi connectivity index (χ0v) is 17.9. The molecule has 1 atom stereocenters. The third-order valence-corrected chi connectivity index (χ3v) is 4.29. The molecule has 1 aromatic carbocycles. The third-order valence-electron chi connectivity index (χ3n) is 4.29. The quantitative estimate of drug-likeness (QED) is 0.659. The van der Waals surface area contributed by atoms with E-state index in [0.29, 0.717) is 12.2 Å². The molecule has 0 aliphatic carbocycles. The van der Waals surface area contributed by atoms with Gasteiger partial charge < -0.3 is 10.1 Å². The monoisotopic (exact) mass is 395 g/mol. The maximum absolute atomic E-state index is 12.9. The van der Waals surface area contributed by atoms with Crippen molar-refractivity contribution < 1.29 is 9.53 Å². The first kappa shape index (κ1) is 20.8. The lowest BCUT2D eigenvalue weighted by Crippen LogP contribution is -2.38. The first-order valence-corrected chi connectivity index (χ1v) is 9.77. The summed E-state index contributed by atoms with van der Waals surface area (Å²) >= 11 is 0. The Morgan fingerprint density at radius 2 is 1.79 bits per heavy atom. The molecule has 0 fully saturated rings. The largest absolute Gasteiger partial charge is 0.458 e. The van der Waals surface area contributed by atoms with Crippen molar-refractivity contribution in [2.45, 2.75) is 65.1 Å². The van der Waals surface area contributed by atoms with Crippen molar-refractivity contribution in [1.29, 1.82) is 0 Å². The molecular weight excluding hydrogens is 366 g/mol. The molecule has 7 nitrogen and oxygen atoms in total. The fraction of sp³-hybridized carbons (Fsp3) is 0.455. The van der Waals surface area contributed by atoms with E-state index in [-0.39, 0.29) is 11.5 Å². The molecular formula is C22H29N5O2. The summed E-state index contributed by atoms with van der Waals surface area (Å²) in [5.41, 5.74) is 0.956. The van der Waals surface area contributed by atoms with Crippen molar-refractivity contribution >= 4 is 22.8 Å². The van der Waals surface area contributed by atoms with Crippen LogP contribution in [0.5, 0.6) is 0 Å². The number of carbonyl (C=O) groups excluding carboxylic acids is 1. The van der Waals surface area contributed by atoms with Gasteiger partial charge in [0.15, 0.2) is 5.65 Å². The highest BCUT2D eigenvalue weighted by Crippen LogP contribution is 2.25. The van der Waals surface area contributed by atoms with E-state index < -0.39 is 11.6 Å². The van der Waals surface area contributed by atoms with Crippen molar-refractivity contribution in [2.75, 3.05) is 5.32 Å². The van der Waals surface area contributed by atoms with Crippen LogP contribution in [0.3, 0.4) is 0 Å². The minimum atomic E-state index is -0.590. The minimum Gasteiger partial charge on any atom is -0.458 e. The Balaban J connectivity index is 1.95. The van der Waals surface area contributed by atoms with Gasteiger partial charge in [0, 0.05) is 6.42 Å². The van der Waals surface area contributed by atoms with E-state index in [2.05, 4.69) is 41.2 Å². The molecule has 3 aromatic rings. The molecule has 0 spiro atoms. The van der Waals surface area contributed by atoms with Crippen LogP contribution in [-0.2, 0) is 21.5 Å². The van der Waals surface area contributed by atoms with Gasteiger partial charge in [-0.2, -0.15) is 5.10 Å². The molecule has 0 unspecified atom stereocenters. The number of rotatable bonds is 5. The average molecular weight is 396 g/mol. The van der Waals surface area contributed by atoms with Crippen LogP contribution in [0, 0.1) is 0 Å². The second kappa shape index (κ2) is 7.81. The van der Waals surface area contributed by atoms with Crippen molar-refractivity contribution in [1.82, 2.24) is 19.7 Å². The van der Waals surface area contributed by atoms with Gasteiger partial charge in [0.05, 0.1) is 17.1 Å². The molecule has 2 aromatic heterocycles. The number of hydrogen-bond donors (Lipinski definition) is 1. The zero-order chi connectivity index (χ0) is 21.2. The van der Waals surface area contributed by atoms with E-state index >= 15 is 0 Å². The number of benzene rings is 1. The topological polar surface area (TPSA) is 81.9 Å². The van der Waals surface area contributed by atoms with Crippen molar-refractivity contribution in [2.24, 2.45) is 0 Å². The number of anilines is 1. The molecule has 1 N–H and O–H groups in total. The molecule has 0 bridgehead atoms. The highest BCUT2D eigenvalue weighted by molar-refractivity contribution is 5.89. The van der Waals surface area contributed by atoms with Gasteiger partial charge in [-0.1, -0.05) is 30.3 Å². The Bertz CT molecular complexity index is 984. The summed E-state index contributed by atoms with van der Waals surface area (Å²) in [6.45, 7) is 11.8. The summed E-state index contributed by atoms with van der Waals surface area (Å²) in [6.07, 6.45) is 3.70. The molecule has 0 amide bonds. The van der Waals surface area contributed by atoms with Gasteiger partial charge in [-0.15, -0.1) is 0 Å². The smallest absolute Gasteiger partial charge is 0.329 e. The van der Waals surface area contributed by atoms with Gasteiger partial charge in [0.2, 0.25) is 0 Å². The predicted octanol–water partition coefficient (Wildman–Crippen LogP) is 3.95. The van der Waals surface area contributed by atoms with Crippen LogP contribution in [0.15, 0.2) is 42.9 Å². The van der Waals surface area contributed by atoms with Crippen molar-refractivity contribution in [3.05, 3.63) is 48.4 Å². The number of aromatic nitrogens is 4. The van der Waals surface area contributed by atoms with E-state index in [1.807, 2.05) is 55.8 Å². The third kappa shape index (κ3) is 5.10. The number of fused-ring (bicyclic) bond motifs is 1. The maximum Gasteiger partial charge on any atom is 0.329 e. The highest BCUT2D eigenvalue weighted by Gasteiger charge is 2.27. The van der Waals surface area contributed by atoms with Crippen LogP contribution in [0.4, 0.5) is 5.82 Å². The molecule has 0 aliphatic rings. The van der Waals surface area contributed by atoms with Crippen LogP contribution >= 0.6 is 0 Å². The van der Waals surface area contributed by atoms with Crippen LogP contribution in [-0.4, -0.2) is 37.4 Å². The Hall–Kier alpha value is -2.96. The highest BCUT2D eigenvalue weighted by atomic mass is 16.6. The van der Waals surface area contributed by atoms with Gasteiger partial charge >= 0.3 is 5.97 Å². The Kier molecular flexibility index (Phi) is 5.59. The molecule has 0 aliphatic heterocycles. The minimum absolute atomic E-state index is 0.220. The van der Waals surface area contributed by atoms with Crippen molar-refractivity contribution in [3.63, 3.8) is 0 Å². The van der Waals surface area contributed by atoms with Crippen LogP contribution < -0.4 is 5.32 Å². The number of nitrogens with zero attached hydrogens (tertiary/aromatic N) is 4. The van der Waals surface area contributed by atoms with Crippen LogP contribution in [0.1, 0.15) is 47.1 Å². The Morgan fingerprint density at radius 3 is 2.41 bits per heavy atom. The number of ether oxygens (including phenoxy) is 1. The van der Waals surface area contributed by atoms with Gasteiger partial charge in [-0.05, 0) is 47.1 Å². The second-order valence-electron chi connectivity index (χ2n) is 9.11. The SMILES string of the molecule is CC(C)(C)OC(=O)[C@H](Cc1ccccc1)Nc1ncnc2c1cnn2C(C)(C)C. The summed E-state index contributed by atoms with van der Waals surface area (Å²) < 4.78 is 7.51. The molecule has 2 heterocycles. The number of carbonyl (C=O) groups is 1. The summed E-state index contributed by atoms with van der Waals surface area (Å²) in [7, 11) is 0. The van der Waals surface area contributed by atoms with E-state index in [1.165, 1.54) is 6.33 Å². The first-order chi connectivity index (χ1) is 13.5. The molecule has 154 valence electrons. The summed E-state index contributed by atoms with van der Waals surface area (Å²) in [5, 5.41) is 8.53. The summed E-state index contributed by atoms with van der Waals surface area (Å²) in [5.74, 6) is 0.244. The summed E-state index contributed by atoms with van der Waals surface area (Å²) in [6, 6.07) is 9.26. The predicted molar refractivity (Wildman–Crippen MR) is 114 cm³/mol. The fourth-order valence-electron chi connectivity index (χ4n) is 3.03. The first-order valence-electron chi connectivity index (χ1n) is 9.77. The number of nitrogens with one attached hydrogen (secondary N) is 1. The Labute approximate surface area is 171 Å². The Morgan fingerprint density at radius 1 is 1.10 bits per heavy atom. The fourth-order valence-corrected chi connectivity index (χ4v) is 3.03. The van der Waals surface area contributed by atoms with Gasteiger partial charge in [0.25, 0.3) is 0 Å². The molecule has 29 heavy (non-hydrogen) atoms. The molecule has 0 radical (unpaired) electrons. The standard InChI is InChI=1S/C22H29N5O2/c1-21(2,3)27-19-16(13-25-27)18(23-14-24-19)26-17(20(28)29-22(4,5)6)12-15-10-8-7-9-11-15/h7-11,13-14,17H,12H2,1-6H3,(H,23,24,26)/t17-/m0/s1. The summed E-state index contributed by atoms with van der Waals surface area (Å²) in [4.78, 5) is 21.7. The van der Waals surface area contributed by atoms with Crippen molar-refractivity contribution in [3.8, 4) is 0 Å². The lowest BCUT2D eigenvalue weighted by atomic mass is 10.1. The molecule has 7 heteroatoms. The van der Waals surface area contributed by atoms with Gasteiger partial charge in [0.1, 0.15) is 23.8 Å². The van der Waals surface area contributed by atoms with Gasteiger partial charge in [-0.3, -0.25) is 0 Å². The molecule has 0 saturated carbocycles. The van der Waals surface area contributed by atoms with E-state index in [1.54, 1.807) is 6.20 Å². The maximum atomic E-state index is 12.9. The lowest BCUT2D eigenvalue weighted by molar-refractivity contribution is -0.155. The number of hydrogen-bond acceptors (Lipinski definition) is 6. The molecule has 0 saturated heterocycles. The van der Waals surface area contributed by atoms with E-state index in [4.69, 9.17) is 4.74 Å². The van der Waals surface area contributed by atoms with E-state index in [0.717, 1.165) is 16.6 Å². The van der Waals surface area contributed by atoms with E-state index in [9.17, 15) is 4.79 Å². The zero-order valence-electron chi connectivity index (χ0n) is 17.9. The number of esters is 1. The normalized spacial score (nSPS) is 13.3. The van der Waals surface area contributed by atoms with Crippen LogP contribution in [0.2, 0.25) is 0 Å². The molecule has 3 rings (SSSR count). The van der Waals surface area contributed by atoms with Crippen LogP contribution in [0.25, 0.3) is 11.0 Å².